The Morgan fingerprint density at radius 2 is 1.89 bits per heavy atom. The predicted octanol–water partition coefficient (Wildman–Crippen LogP) is 1.29. The van der Waals surface area contributed by atoms with Crippen molar-refractivity contribution in [3.8, 4) is 0 Å². The van der Waals surface area contributed by atoms with E-state index in [0.29, 0.717) is 52.4 Å². The lowest BCUT2D eigenvalue weighted by Gasteiger charge is -2.34. The first-order valence-electron chi connectivity index (χ1n) is 9.68. The zero-order chi connectivity index (χ0) is 19.1. The Morgan fingerprint density at radius 3 is 2.63 bits per heavy atom. The van der Waals surface area contributed by atoms with E-state index in [1.54, 1.807) is 11.8 Å². The molecule has 2 saturated heterocycles. The Hall–Kier alpha value is -1.57. The molecule has 0 unspecified atom stereocenters. The molecule has 0 bridgehead atoms. The summed E-state index contributed by atoms with van der Waals surface area (Å²) in [5.74, 6) is 0.780. The van der Waals surface area contributed by atoms with Crippen molar-refractivity contribution in [3.05, 3.63) is 29.8 Å². The SMILES string of the molecule is Cc1ccc(SCCNC(=O)[C@@H]2CNC[C@H](C(=O)N3CCOCC3)C2)cc1. The molecule has 3 rings (SSSR count). The van der Waals surface area contributed by atoms with Gasteiger partial charge in [0.15, 0.2) is 0 Å². The summed E-state index contributed by atoms with van der Waals surface area (Å²) in [5, 5.41) is 6.29. The summed E-state index contributed by atoms with van der Waals surface area (Å²) < 4.78 is 5.31. The molecule has 2 N–H and O–H groups in total. The lowest BCUT2D eigenvalue weighted by molar-refractivity contribution is -0.141. The highest BCUT2D eigenvalue weighted by molar-refractivity contribution is 7.99. The van der Waals surface area contributed by atoms with Crippen molar-refractivity contribution in [2.75, 3.05) is 51.7 Å². The number of hydrogen-bond donors (Lipinski definition) is 2. The number of rotatable bonds is 6. The molecule has 0 saturated carbocycles. The second kappa shape index (κ2) is 10.1. The standard InChI is InChI=1S/C20H29N3O3S/c1-15-2-4-18(5-3-15)27-11-6-22-19(24)16-12-17(14-21-13-16)20(25)23-7-9-26-10-8-23/h2-5,16-17,21H,6-14H2,1H3,(H,22,24)/t16-,17+/m0/s1. The first-order chi connectivity index (χ1) is 13.1. The molecule has 1 aromatic rings. The summed E-state index contributed by atoms with van der Waals surface area (Å²) in [4.78, 5) is 28.2. The number of amides is 2. The van der Waals surface area contributed by atoms with Crippen LogP contribution in [0.15, 0.2) is 29.2 Å². The van der Waals surface area contributed by atoms with E-state index in [9.17, 15) is 9.59 Å². The molecular weight excluding hydrogens is 362 g/mol. The molecule has 2 amide bonds. The fraction of sp³-hybridized carbons (Fsp3) is 0.600. The van der Waals surface area contributed by atoms with Gasteiger partial charge in [-0.2, -0.15) is 0 Å². The number of piperidine rings is 1. The van der Waals surface area contributed by atoms with Gasteiger partial charge < -0.3 is 20.3 Å². The first-order valence-corrected chi connectivity index (χ1v) is 10.7. The van der Waals surface area contributed by atoms with Gasteiger partial charge in [0.25, 0.3) is 0 Å². The molecule has 27 heavy (non-hydrogen) atoms. The molecule has 2 heterocycles. The first kappa shape index (κ1) is 20.2. The average Bonchev–Trinajstić information content (AvgIpc) is 2.72. The maximum absolute atomic E-state index is 12.7. The summed E-state index contributed by atoms with van der Waals surface area (Å²) in [6.07, 6.45) is 0.625. The van der Waals surface area contributed by atoms with Crippen molar-refractivity contribution in [2.45, 2.75) is 18.2 Å². The fourth-order valence-corrected chi connectivity index (χ4v) is 4.26. The number of aryl methyl sites for hydroxylation is 1. The number of thioether (sulfide) groups is 1. The van der Waals surface area contributed by atoms with Crippen molar-refractivity contribution in [2.24, 2.45) is 11.8 Å². The molecule has 0 spiro atoms. The highest BCUT2D eigenvalue weighted by Crippen LogP contribution is 2.20. The fourth-order valence-electron chi connectivity index (χ4n) is 3.49. The molecule has 1 aromatic carbocycles. The second-order valence-corrected chi connectivity index (χ2v) is 8.35. The normalized spacial score (nSPS) is 23.1. The molecule has 2 aliphatic heterocycles. The number of carbonyl (C=O) groups excluding carboxylic acids is 2. The summed E-state index contributed by atoms with van der Waals surface area (Å²) in [6.45, 7) is 6.53. The van der Waals surface area contributed by atoms with E-state index in [1.165, 1.54) is 10.5 Å². The van der Waals surface area contributed by atoms with Gasteiger partial charge in [-0.25, -0.2) is 0 Å². The number of nitrogens with zero attached hydrogens (tertiary/aromatic N) is 1. The minimum atomic E-state index is -0.141. The van der Waals surface area contributed by atoms with Crippen LogP contribution in [0.2, 0.25) is 0 Å². The van der Waals surface area contributed by atoms with Crippen molar-refractivity contribution >= 4 is 23.6 Å². The van der Waals surface area contributed by atoms with Gasteiger partial charge in [0.05, 0.1) is 25.0 Å². The highest BCUT2D eigenvalue weighted by atomic mass is 32.2. The molecule has 0 aromatic heterocycles. The zero-order valence-electron chi connectivity index (χ0n) is 15.9. The topological polar surface area (TPSA) is 70.7 Å². The summed E-state index contributed by atoms with van der Waals surface area (Å²) in [7, 11) is 0. The quantitative estimate of drug-likeness (QED) is 0.565. The lowest BCUT2D eigenvalue weighted by Crippen LogP contribution is -2.51. The maximum Gasteiger partial charge on any atom is 0.227 e. The van der Waals surface area contributed by atoms with E-state index in [-0.39, 0.29) is 23.7 Å². The maximum atomic E-state index is 12.7. The number of carbonyl (C=O) groups is 2. The molecule has 2 atom stereocenters. The van der Waals surface area contributed by atoms with Crippen LogP contribution in [0.1, 0.15) is 12.0 Å². The number of ether oxygens (including phenoxy) is 1. The van der Waals surface area contributed by atoms with E-state index in [0.717, 1.165) is 5.75 Å². The molecule has 0 radical (unpaired) electrons. The van der Waals surface area contributed by atoms with Gasteiger partial charge in [-0.05, 0) is 25.5 Å². The third kappa shape index (κ3) is 5.96. The van der Waals surface area contributed by atoms with Crippen molar-refractivity contribution in [3.63, 3.8) is 0 Å². The van der Waals surface area contributed by atoms with Crippen LogP contribution >= 0.6 is 11.8 Å². The summed E-state index contributed by atoms with van der Waals surface area (Å²) >= 11 is 1.74. The van der Waals surface area contributed by atoms with Crippen molar-refractivity contribution in [1.29, 1.82) is 0 Å². The zero-order valence-corrected chi connectivity index (χ0v) is 16.7. The van der Waals surface area contributed by atoms with Crippen molar-refractivity contribution < 1.29 is 14.3 Å². The summed E-state index contributed by atoms with van der Waals surface area (Å²) in [5.41, 5.74) is 1.25. The van der Waals surface area contributed by atoms with Crippen LogP contribution in [-0.4, -0.2) is 68.4 Å². The Kier molecular flexibility index (Phi) is 7.55. The van der Waals surface area contributed by atoms with E-state index in [2.05, 4.69) is 41.8 Å². The van der Waals surface area contributed by atoms with Gasteiger partial charge in [0, 0.05) is 43.4 Å². The van der Waals surface area contributed by atoms with Gasteiger partial charge >= 0.3 is 0 Å². The average molecular weight is 392 g/mol. The van der Waals surface area contributed by atoms with E-state index < -0.39 is 0 Å². The lowest BCUT2D eigenvalue weighted by atomic mass is 9.88. The molecular formula is C20H29N3O3S. The highest BCUT2D eigenvalue weighted by Gasteiger charge is 2.33. The molecule has 7 heteroatoms. The Bertz CT molecular complexity index is 632. The predicted molar refractivity (Wildman–Crippen MR) is 107 cm³/mol. The van der Waals surface area contributed by atoms with Crippen LogP contribution in [0, 0.1) is 18.8 Å². The monoisotopic (exact) mass is 391 g/mol. The second-order valence-electron chi connectivity index (χ2n) is 7.18. The minimum absolute atomic E-state index is 0.0477. The molecule has 6 nitrogen and oxygen atoms in total. The van der Waals surface area contributed by atoms with Gasteiger partial charge in [-0.15, -0.1) is 11.8 Å². The molecule has 0 aliphatic carbocycles. The Labute approximate surface area is 165 Å². The van der Waals surface area contributed by atoms with Gasteiger partial charge in [0.2, 0.25) is 11.8 Å². The Balaban J connectivity index is 1.40. The minimum Gasteiger partial charge on any atom is -0.378 e. The smallest absolute Gasteiger partial charge is 0.227 e. The van der Waals surface area contributed by atoms with E-state index >= 15 is 0 Å². The summed E-state index contributed by atoms with van der Waals surface area (Å²) in [6, 6.07) is 8.41. The van der Waals surface area contributed by atoms with Crippen LogP contribution < -0.4 is 10.6 Å². The van der Waals surface area contributed by atoms with Crippen LogP contribution in [-0.2, 0) is 14.3 Å². The molecule has 2 fully saturated rings. The number of nitrogens with one attached hydrogen (secondary N) is 2. The van der Waals surface area contributed by atoms with Crippen LogP contribution in [0.4, 0.5) is 0 Å². The largest absolute Gasteiger partial charge is 0.378 e. The van der Waals surface area contributed by atoms with Gasteiger partial charge in [0.1, 0.15) is 0 Å². The van der Waals surface area contributed by atoms with Crippen LogP contribution in [0.25, 0.3) is 0 Å². The van der Waals surface area contributed by atoms with Crippen molar-refractivity contribution in [1.82, 2.24) is 15.5 Å². The van der Waals surface area contributed by atoms with E-state index in [1.807, 2.05) is 4.90 Å². The van der Waals surface area contributed by atoms with Crippen LogP contribution in [0.5, 0.6) is 0 Å². The third-order valence-corrected chi connectivity index (χ3v) is 6.10. The number of hydrogen-bond acceptors (Lipinski definition) is 5. The molecule has 148 valence electrons. The van der Waals surface area contributed by atoms with Gasteiger partial charge in [-0.3, -0.25) is 9.59 Å². The molecule has 2 aliphatic rings. The van der Waals surface area contributed by atoms with Crippen LogP contribution in [0.3, 0.4) is 0 Å². The number of benzene rings is 1. The Morgan fingerprint density at radius 1 is 1.19 bits per heavy atom. The van der Waals surface area contributed by atoms with E-state index in [4.69, 9.17) is 4.74 Å². The van der Waals surface area contributed by atoms with Gasteiger partial charge in [-0.1, -0.05) is 17.7 Å². The third-order valence-electron chi connectivity index (χ3n) is 5.08. The number of morpholine rings is 1.